The second kappa shape index (κ2) is 5.74. The predicted molar refractivity (Wildman–Crippen MR) is 68.1 cm³/mol. The molecule has 0 radical (unpaired) electrons. The normalized spacial score (nSPS) is 10.3. The van der Waals surface area contributed by atoms with Gasteiger partial charge in [0.15, 0.2) is 0 Å². The van der Waals surface area contributed by atoms with Gasteiger partial charge in [-0.15, -0.1) is 0 Å². The highest BCUT2D eigenvalue weighted by atomic mass is 35.5. The van der Waals surface area contributed by atoms with Gasteiger partial charge < -0.3 is 0 Å². The summed E-state index contributed by atoms with van der Waals surface area (Å²) in [4.78, 5) is 15.7. The molecular weight excluding hydrogens is 253 g/mol. The van der Waals surface area contributed by atoms with Crippen molar-refractivity contribution in [2.24, 2.45) is 0 Å². The Morgan fingerprint density at radius 3 is 2.56 bits per heavy atom. The van der Waals surface area contributed by atoms with Crippen LogP contribution < -0.4 is 0 Å². The van der Waals surface area contributed by atoms with E-state index in [-0.39, 0.29) is 29.2 Å². The number of pyridine rings is 1. The van der Waals surface area contributed by atoms with E-state index in [1.54, 1.807) is 30.6 Å². The summed E-state index contributed by atoms with van der Waals surface area (Å²) in [6.07, 6.45) is 3.51. The molecule has 0 spiro atoms. The van der Waals surface area contributed by atoms with Crippen LogP contribution in [0, 0.1) is 5.82 Å². The van der Waals surface area contributed by atoms with Gasteiger partial charge in [0.1, 0.15) is 11.6 Å². The number of rotatable bonds is 4. The van der Waals surface area contributed by atoms with Crippen molar-refractivity contribution in [2.75, 3.05) is 0 Å². The Kier molecular flexibility index (Phi) is 4.05. The average Bonchev–Trinajstić information content (AvgIpc) is 2.35. The molecule has 0 N–H and O–H groups in total. The third-order valence-electron chi connectivity index (χ3n) is 2.59. The molecule has 2 rings (SSSR count). The van der Waals surface area contributed by atoms with Crippen LogP contribution in [0.5, 0.6) is 0 Å². The topological polar surface area (TPSA) is 30.0 Å². The fourth-order valence-corrected chi connectivity index (χ4v) is 1.92. The summed E-state index contributed by atoms with van der Waals surface area (Å²) in [6.45, 7) is 0. The van der Waals surface area contributed by atoms with E-state index in [2.05, 4.69) is 4.98 Å². The molecule has 0 aliphatic rings. The first kappa shape index (κ1) is 12.7. The lowest BCUT2D eigenvalue weighted by atomic mass is 10.0. The van der Waals surface area contributed by atoms with Crippen LogP contribution >= 0.6 is 11.6 Å². The summed E-state index contributed by atoms with van der Waals surface area (Å²) in [5, 5.41) is 0.290. The maximum atomic E-state index is 13.5. The summed E-state index contributed by atoms with van der Waals surface area (Å²) in [5.41, 5.74) is 1.13. The van der Waals surface area contributed by atoms with Crippen LogP contribution in [0.1, 0.15) is 11.1 Å². The third-order valence-corrected chi connectivity index (χ3v) is 2.94. The standard InChI is InChI=1S/C14H11ClFNO/c15-13-2-1-3-14(16)12(13)9-11(18)8-10-4-6-17-7-5-10/h1-7H,8-9H2. The molecule has 0 aliphatic heterocycles. The van der Waals surface area contributed by atoms with Gasteiger partial charge in [0, 0.05) is 35.8 Å². The maximum absolute atomic E-state index is 13.5. The number of carbonyl (C=O) groups is 1. The van der Waals surface area contributed by atoms with Crippen LogP contribution in [0.4, 0.5) is 4.39 Å². The molecule has 0 atom stereocenters. The highest BCUT2D eigenvalue weighted by molar-refractivity contribution is 6.31. The third kappa shape index (κ3) is 3.14. The number of benzene rings is 1. The number of halogens is 2. The Morgan fingerprint density at radius 1 is 1.17 bits per heavy atom. The number of hydrogen-bond donors (Lipinski definition) is 0. The summed E-state index contributed by atoms with van der Waals surface area (Å²) in [6, 6.07) is 7.94. The van der Waals surface area contributed by atoms with Gasteiger partial charge in [0.05, 0.1) is 0 Å². The van der Waals surface area contributed by atoms with E-state index < -0.39 is 5.82 Å². The lowest BCUT2D eigenvalue weighted by Crippen LogP contribution is -2.08. The quantitative estimate of drug-likeness (QED) is 0.848. The van der Waals surface area contributed by atoms with Gasteiger partial charge in [-0.1, -0.05) is 17.7 Å². The molecule has 18 heavy (non-hydrogen) atoms. The summed E-state index contributed by atoms with van der Waals surface area (Å²) in [7, 11) is 0. The molecule has 2 aromatic rings. The maximum Gasteiger partial charge on any atom is 0.141 e. The number of hydrogen-bond acceptors (Lipinski definition) is 2. The molecule has 2 nitrogen and oxygen atoms in total. The molecule has 0 unspecified atom stereocenters. The number of carbonyl (C=O) groups excluding carboxylic acids is 1. The first-order chi connectivity index (χ1) is 8.66. The lowest BCUT2D eigenvalue weighted by molar-refractivity contribution is -0.117. The van der Waals surface area contributed by atoms with E-state index in [1.807, 2.05) is 0 Å². The van der Waals surface area contributed by atoms with Crippen LogP contribution in [0.2, 0.25) is 5.02 Å². The van der Waals surface area contributed by atoms with E-state index >= 15 is 0 Å². The second-order valence-corrected chi connectivity index (χ2v) is 4.36. The van der Waals surface area contributed by atoms with Crippen molar-refractivity contribution in [1.82, 2.24) is 4.98 Å². The van der Waals surface area contributed by atoms with E-state index in [9.17, 15) is 9.18 Å². The summed E-state index contributed by atoms with van der Waals surface area (Å²) >= 11 is 5.87. The number of nitrogens with zero attached hydrogens (tertiary/aromatic N) is 1. The molecule has 4 heteroatoms. The van der Waals surface area contributed by atoms with E-state index in [0.717, 1.165) is 5.56 Å². The van der Waals surface area contributed by atoms with E-state index in [1.165, 1.54) is 12.1 Å². The van der Waals surface area contributed by atoms with Crippen LogP contribution in [-0.2, 0) is 17.6 Å². The Hall–Kier alpha value is -1.74. The Balaban J connectivity index is 2.08. The minimum atomic E-state index is -0.439. The minimum Gasteiger partial charge on any atom is -0.299 e. The molecule has 0 bridgehead atoms. The van der Waals surface area contributed by atoms with Gasteiger partial charge in [-0.2, -0.15) is 0 Å². The van der Waals surface area contributed by atoms with E-state index in [4.69, 9.17) is 11.6 Å². The zero-order valence-electron chi connectivity index (χ0n) is 9.57. The van der Waals surface area contributed by atoms with Gasteiger partial charge in [-0.05, 0) is 29.8 Å². The molecule has 0 saturated carbocycles. The molecule has 0 amide bonds. The number of Topliss-reactive ketones (excluding diaryl/α,β-unsaturated/α-hetero) is 1. The van der Waals surface area contributed by atoms with Crippen molar-refractivity contribution in [3.8, 4) is 0 Å². The first-order valence-corrected chi connectivity index (χ1v) is 5.88. The molecule has 1 aromatic heterocycles. The first-order valence-electron chi connectivity index (χ1n) is 5.50. The van der Waals surface area contributed by atoms with Crippen molar-refractivity contribution >= 4 is 17.4 Å². The Morgan fingerprint density at radius 2 is 1.89 bits per heavy atom. The van der Waals surface area contributed by atoms with Crippen molar-refractivity contribution in [1.29, 1.82) is 0 Å². The Bertz CT molecular complexity index is 537. The van der Waals surface area contributed by atoms with Crippen LogP contribution in [0.3, 0.4) is 0 Å². The number of aromatic nitrogens is 1. The van der Waals surface area contributed by atoms with Crippen molar-refractivity contribution in [3.05, 3.63) is 64.7 Å². The molecule has 92 valence electrons. The smallest absolute Gasteiger partial charge is 0.141 e. The second-order valence-electron chi connectivity index (χ2n) is 3.95. The molecule has 0 fully saturated rings. The van der Waals surface area contributed by atoms with E-state index in [0.29, 0.717) is 0 Å². The lowest BCUT2D eigenvalue weighted by Gasteiger charge is -2.05. The fourth-order valence-electron chi connectivity index (χ4n) is 1.69. The average molecular weight is 264 g/mol. The molecule has 0 saturated heterocycles. The fraction of sp³-hybridized carbons (Fsp3) is 0.143. The highest BCUT2D eigenvalue weighted by Gasteiger charge is 2.12. The molecular formula is C14H11ClFNO. The van der Waals surface area contributed by atoms with Gasteiger partial charge in [0.25, 0.3) is 0 Å². The summed E-state index contributed by atoms with van der Waals surface area (Å²) < 4.78 is 13.5. The predicted octanol–water partition coefficient (Wildman–Crippen LogP) is 3.23. The molecule has 1 aromatic carbocycles. The SMILES string of the molecule is O=C(Cc1ccncc1)Cc1c(F)cccc1Cl. The van der Waals surface area contributed by atoms with Gasteiger partial charge in [-0.3, -0.25) is 9.78 Å². The largest absolute Gasteiger partial charge is 0.299 e. The monoisotopic (exact) mass is 263 g/mol. The Labute approximate surface area is 109 Å². The molecule has 1 heterocycles. The number of ketones is 1. The highest BCUT2D eigenvalue weighted by Crippen LogP contribution is 2.20. The zero-order chi connectivity index (χ0) is 13.0. The van der Waals surface area contributed by atoms with Crippen molar-refractivity contribution in [3.63, 3.8) is 0 Å². The van der Waals surface area contributed by atoms with Gasteiger partial charge in [0.2, 0.25) is 0 Å². The minimum absolute atomic E-state index is 0.00777. The van der Waals surface area contributed by atoms with Crippen LogP contribution in [0.25, 0.3) is 0 Å². The molecule has 0 aliphatic carbocycles. The van der Waals surface area contributed by atoms with Crippen molar-refractivity contribution < 1.29 is 9.18 Å². The van der Waals surface area contributed by atoms with Crippen molar-refractivity contribution in [2.45, 2.75) is 12.8 Å². The van der Waals surface area contributed by atoms with Gasteiger partial charge in [-0.25, -0.2) is 4.39 Å². The summed E-state index contributed by atoms with van der Waals surface area (Å²) in [5.74, 6) is -0.515. The van der Waals surface area contributed by atoms with Gasteiger partial charge >= 0.3 is 0 Å². The van der Waals surface area contributed by atoms with Crippen LogP contribution in [0.15, 0.2) is 42.7 Å². The van der Waals surface area contributed by atoms with Crippen LogP contribution in [-0.4, -0.2) is 10.8 Å². The zero-order valence-corrected chi connectivity index (χ0v) is 10.3.